The second kappa shape index (κ2) is 6.60. The van der Waals surface area contributed by atoms with Crippen LogP contribution in [0.1, 0.15) is 6.92 Å². The number of nitrogen functional groups attached to an aromatic ring is 1. The van der Waals surface area contributed by atoms with Gasteiger partial charge in [-0.1, -0.05) is 0 Å². The molecule has 1 atom stereocenters. The van der Waals surface area contributed by atoms with Crippen molar-refractivity contribution in [1.29, 1.82) is 0 Å². The molecule has 0 fully saturated rings. The summed E-state index contributed by atoms with van der Waals surface area (Å²) < 4.78 is 0. The minimum absolute atomic E-state index is 0.336. The fourth-order valence-electron chi connectivity index (χ4n) is 1.33. The van der Waals surface area contributed by atoms with E-state index >= 15 is 0 Å². The van der Waals surface area contributed by atoms with E-state index in [-0.39, 0.29) is 0 Å². The molecule has 102 valence electrons. The van der Waals surface area contributed by atoms with Crippen LogP contribution in [0.3, 0.4) is 0 Å². The smallest absolute Gasteiger partial charge is 0.243 e. The second-order valence-electron chi connectivity index (χ2n) is 4.21. The number of thioether (sulfide) groups is 1. The monoisotopic (exact) mass is 271 g/mol. The van der Waals surface area contributed by atoms with Crippen LogP contribution < -0.4 is 21.1 Å². The van der Waals surface area contributed by atoms with Gasteiger partial charge in [0.2, 0.25) is 17.8 Å². The number of hydrogen-bond acceptors (Lipinski definition) is 8. The summed E-state index contributed by atoms with van der Waals surface area (Å²) in [7, 11) is 5.73. The molecule has 0 aliphatic carbocycles. The lowest BCUT2D eigenvalue weighted by Crippen LogP contribution is -2.33. The Kier molecular flexibility index (Phi) is 5.42. The van der Waals surface area contributed by atoms with Crippen LogP contribution >= 0.6 is 11.8 Å². The van der Waals surface area contributed by atoms with Gasteiger partial charge in [-0.25, -0.2) is 5.84 Å². The number of nitrogens with two attached hydrogens (primary N) is 1. The van der Waals surface area contributed by atoms with Gasteiger partial charge in [0.25, 0.3) is 0 Å². The first-order chi connectivity index (χ1) is 8.49. The fraction of sp³-hybridized carbons (Fsp3) is 0.700. The number of nitrogens with one attached hydrogen (secondary N) is 1. The van der Waals surface area contributed by atoms with Crippen molar-refractivity contribution in [2.45, 2.75) is 13.0 Å². The summed E-state index contributed by atoms with van der Waals surface area (Å²) in [6, 6.07) is 0.336. The van der Waals surface area contributed by atoms with Gasteiger partial charge in [0.1, 0.15) is 0 Å². The minimum atomic E-state index is 0.336. The van der Waals surface area contributed by atoms with Gasteiger partial charge in [-0.3, -0.25) is 5.43 Å². The first kappa shape index (κ1) is 14.8. The zero-order chi connectivity index (χ0) is 13.7. The van der Waals surface area contributed by atoms with Gasteiger partial charge in [0.05, 0.1) is 0 Å². The Morgan fingerprint density at radius 3 is 2.33 bits per heavy atom. The number of aromatic nitrogens is 3. The third kappa shape index (κ3) is 3.61. The molecule has 1 aromatic heterocycles. The van der Waals surface area contributed by atoms with E-state index in [4.69, 9.17) is 5.84 Å². The van der Waals surface area contributed by atoms with Crippen molar-refractivity contribution in [2.24, 2.45) is 5.84 Å². The van der Waals surface area contributed by atoms with Gasteiger partial charge in [-0.15, -0.1) is 0 Å². The van der Waals surface area contributed by atoms with E-state index in [2.05, 4.69) is 33.6 Å². The van der Waals surface area contributed by atoms with Crippen molar-refractivity contribution in [2.75, 3.05) is 48.4 Å². The van der Waals surface area contributed by atoms with Crippen molar-refractivity contribution < 1.29 is 0 Å². The fourth-order valence-corrected chi connectivity index (χ4v) is 2.03. The molecule has 0 aliphatic heterocycles. The highest BCUT2D eigenvalue weighted by molar-refractivity contribution is 7.98. The standard InChI is InChI=1S/C10H21N7S/c1-7(6-18-5)17(4)10-13-8(15-11)12-9(14-10)16(2)3/h7H,6,11H2,1-5H3,(H,12,13,14,15). The van der Waals surface area contributed by atoms with Gasteiger partial charge in [-0.2, -0.15) is 26.7 Å². The van der Waals surface area contributed by atoms with Crippen LogP contribution in [0, 0.1) is 0 Å². The second-order valence-corrected chi connectivity index (χ2v) is 5.12. The Bertz CT molecular complexity index is 384. The topological polar surface area (TPSA) is 83.2 Å². The van der Waals surface area contributed by atoms with Crippen molar-refractivity contribution in [3.8, 4) is 0 Å². The summed E-state index contributed by atoms with van der Waals surface area (Å²) >= 11 is 1.79. The minimum Gasteiger partial charge on any atom is -0.347 e. The Morgan fingerprint density at radius 2 is 1.83 bits per heavy atom. The Morgan fingerprint density at radius 1 is 1.22 bits per heavy atom. The molecule has 0 aromatic carbocycles. The SMILES string of the molecule is CSCC(C)N(C)c1nc(NN)nc(N(C)C)n1. The predicted octanol–water partition coefficient (Wildman–Crippen LogP) is 0.411. The van der Waals surface area contributed by atoms with E-state index in [0.29, 0.717) is 23.9 Å². The maximum atomic E-state index is 5.38. The molecular formula is C10H21N7S. The third-order valence-electron chi connectivity index (χ3n) is 2.53. The highest BCUT2D eigenvalue weighted by Crippen LogP contribution is 2.16. The zero-order valence-corrected chi connectivity index (χ0v) is 12.3. The zero-order valence-electron chi connectivity index (χ0n) is 11.5. The Hall–Kier alpha value is -1.28. The van der Waals surface area contributed by atoms with Crippen LogP contribution in [0.5, 0.6) is 0 Å². The number of hydrogen-bond donors (Lipinski definition) is 2. The van der Waals surface area contributed by atoms with E-state index < -0.39 is 0 Å². The van der Waals surface area contributed by atoms with E-state index in [0.717, 1.165) is 5.75 Å². The summed E-state index contributed by atoms with van der Waals surface area (Å²) in [4.78, 5) is 16.7. The van der Waals surface area contributed by atoms with Crippen LogP contribution in [0.4, 0.5) is 17.8 Å². The van der Waals surface area contributed by atoms with Crippen molar-refractivity contribution in [1.82, 2.24) is 15.0 Å². The van der Waals surface area contributed by atoms with Crippen LogP contribution in [0.15, 0.2) is 0 Å². The first-order valence-corrected chi connectivity index (χ1v) is 7.00. The highest BCUT2D eigenvalue weighted by atomic mass is 32.2. The van der Waals surface area contributed by atoms with Crippen LogP contribution in [0.25, 0.3) is 0 Å². The molecule has 1 unspecified atom stereocenters. The number of nitrogens with zero attached hydrogens (tertiary/aromatic N) is 5. The maximum Gasteiger partial charge on any atom is 0.243 e. The van der Waals surface area contributed by atoms with E-state index in [1.165, 1.54) is 0 Å². The van der Waals surface area contributed by atoms with Gasteiger partial charge in [0.15, 0.2) is 0 Å². The molecule has 1 rings (SSSR count). The molecule has 0 aliphatic rings. The number of rotatable bonds is 6. The Balaban J connectivity index is 3.03. The van der Waals surface area contributed by atoms with E-state index in [1.54, 1.807) is 11.8 Å². The summed E-state index contributed by atoms with van der Waals surface area (Å²) in [5.74, 6) is 7.94. The molecule has 0 saturated heterocycles. The molecule has 3 N–H and O–H groups in total. The average Bonchev–Trinajstić information content (AvgIpc) is 2.37. The molecule has 1 heterocycles. The largest absolute Gasteiger partial charge is 0.347 e. The normalized spacial score (nSPS) is 12.1. The third-order valence-corrected chi connectivity index (χ3v) is 3.34. The molecule has 0 radical (unpaired) electrons. The number of anilines is 3. The highest BCUT2D eigenvalue weighted by Gasteiger charge is 2.15. The molecule has 0 saturated carbocycles. The maximum absolute atomic E-state index is 5.38. The molecule has 18 heavy (non-hydrogen) atoms. The molecule has 0 bridgehead atoms. The summed E-state index contributed by atoms with van der Waals surface area (Å²) in [5, 5.41) is 0. The summed E-state index contributed by atoms with van der Waals surface area (Å²) in [6.07, 6.45) is 2.08. The quantitative estimate of drug-likeness (QED) is 0.568. The van der Waals surface area contributed by atoms with Crippen molar-refractivity contribution >= 4 is 29.6 Å². The van der Waals surface area contributed by atoms with E-state index in [1.807, 2.05) is 30.9 Å². The first-order valence-electron chi connectivity index (χ1n) is 5.61. The van der Waals surface area contributed by atoms with Crippen LogP contribution in [-0.2, 0) is 0 Å². The van der Waals surface area contributed by atoms with Crippen molar-refractivity contribution in [3.05, 3.63) is 0 Å². The van der Waals surface area contributed by atoms with Crippen LogP contribution in [0.2, 0.25) is 0 Å². The molecule has 0 amide bonds. The molecule has 8 heteroatoms. The van der Waals surface area contributed by atoms with Gasteiger partial charge in [-0.05, 0) is 13.2 Å². The lowest BCUT2D eigenvalue weighted by Gasteiger charge is -2.25. The van der Waals surface area contributed by atoms with Crippen LogP contribution in [-0.4, -0.2) is 54.1 Å². The average molecular weight is 271 g/mol. The molecule has 0 spiro atoms. The summed E-state index contributed by atoms with van der Waals surface area (Å²) in [5.41, 5.74) is 2.47. The van der Waals surface area contributed by atoms with E-state index in [9.17, 15) is 0 Å². The number of hydrazine groups is 1. The molecule has 7 nitrogen and oxygen atoms in total. The molecule has 1 aromatic rings. The summed E-state index contributed by atoms with van der Waals surface area (Å²) in [6.45, 7) is 2.13. The van der Waals surface area contributed by atoms with Gasteiger partial charge < -0.3 is 9.80 Å². The lowest BCUT2D eigenvalue weighted by molar-refractivity contribution is 0.733. The van der Waals surface area contributed by atoms with Crippen molar-refractivity contribution in [3.63, 3.8) is 0 Å². The predicted molar refractivity (Wildman–Crippen MR) is 78.2 cm³/mol. The molecular weight excluding hydrogens is 250 g/mol. The van der Waals surface area contributed by atoms with Gasteiger partial charge >= 0.3 is 0 Å². The lowest BCUT2D eigenvalue weighted by atomic mass is 10.3. The van der Waals surface area contributed by atoms with Gasteiger partial charge in [0, 0.05) is 32.9 Å². The Labute approximate surface area is 112 Å².